The summed E-state index contributed by atoms with van der Waals surface area (Å²) in [5, 5.41) is 13.8. The predicted molar refractivity (Wildman–Crippen MR) is 115 cm³/mol. The molecule has 2 aromatic heterocycles. The second kappa shape index (κ2) is 9.40. The van der Waals surface area contributed by atoms with Crippen LogP contribution < -0.4 is 5.32 Å². The van der Waals surface area contributed by atoms with Gasteiger partial charge in [0.05, 0.1) is 12.9 Å². The lowest BCUT2D eigenvalue weighted by Gasteiger charge is -2.08. The van der Waals surface area contributed by atoms with Gasteiger partial charge >= 0.3 is 5.97 Å². The fourth-order valence-electron chi connectivity index (χ4n) is 2.84. The number of nitrogens with zero attached hydrogens (tertiary/aromatic N) is 3. The van der Waals surface area contributed by atoms with E-state index in [2.05, 4.69) is 15.5 Å². The Morgan fingerprint density at radius 2 is 1.97 bits per heavy atom. The Balaban J connectivity index is 1.76. The summed E-state index contributed by atoms with van der Waals surface area (Å²) in [4.78, 5) is 24.9. The minimum absolute atomic E-state index is 0.106. The van der Waals surface area contributed by atoms with Crippen molar-refractivity contribution in [1.82, 2.24) is 14.8 Å². The molecule has 0 saturated heterocycles. The average Bonchev–Trinajstić information content (AvgIpc) is 3.30. The highest BCUT2D eigenvalue weighted by Crippen LogP contribution is 2.36. The second-order valence-corrected chi connectivity index (χ2v) is 8.57. The van der Waals surface area contributed by atoms with Crippen LogP contribution >= 0.6 is 23.1 Å². The number of benzene rings is 1. The third kappa shape index (κ3) is 4.71. The first kappa shape index (κ1) is 22.0. The SMILES string of the molecule is COC(=O)c1c(-c2ccc(F)cc2)csc1NC(=O)CSc1nnc(C(C)C)n1C. The van der Waals surface area contributed by atoms with Crippen molar-refractivity contribution in [3.8, 4) is 11.1 Å². The smallest absolute Gasteiger partial charge is 0.341 e. The molecule has 3 rings (SSSR count). The number of nitrogens with one attached hydrogen (secondary N) is 1. The fourth-order valence-corrected chi connectivity index (χ4v) is 4.54. The van der Waals surface area contributed by atoms with Gasteiger partial charge in [0, 0.05) is 23.9 Å². The number of amides is 1. The molecular weight excluding hydrogens is 427 g/mol. The van der Waals surface area contributed by atoms with Gasteiger partial charge in [0.25, 0.3) is 0 Å². The van der Waals surface area contributed by atoms with E-state index in [1.54, 1.807) is 17.5 Å². The number of hydrogen-bond donors (Lipinski definition) is 1. The largest absolute Gasteiger partial charge is 0.465 e. The van der Waals surface area contributed by atoms with Crippen LogP contribution in [-0.2, 0) is 16.6 Å². The van der Waals surface area contributed by atoms with Crippen LogP contribution in [0.4, 0.5) is 9.39 Å². The van der Waals surface area contributed by atoms with Crippen LogP contribution in [0.25, 0.3) is 11.1 Å². The molecule has 158 valence electrons. The summed E-state index contributed by atoms with van der Waals surface area (Å²) in [5.41, 5.74) is 1.47. The minimum Gasteiger partial charge on any atom is -0.465 e. The maximum Gasteiger partial charge on any atom is 0.341 e. The minimum atomic E-state index is -0.576. The van der Waals surface area contributed by atoms with Crippen molar-refractivity contribution < 1.29 is 18.7 Å². The quantitative estimate of drug-likeness (QED) is 0.428. The van der Waals surface area contributed by atoms with Crippen molar-refractivity contribution >= 4 is 40.0 Å². The summed E-state index contributed by atoms with van der Waals surface area (Å²) in [5.74, 6) is -0.0600. The van der Waals surface area contributed by atoms with Crippen molar-refractivity contribution in [2.24, 2.45) is 7.05 Å². The summed E-state index contributed by atoms with van der Waals surface area (Å²) in [6.07, 6.45) is 0. The number of rotatable bonds is 7. The molecule has 10 heteroatoms. The van der Waals surface area contributed by atoms with Gasteiger partial charge in [-0.1, -0.05) is 37.7 Å². The first-order valence-corrected chi connectivity index (χ1v) is 11.0. The third-order valence-electron chi connectivity index (χ3n) is 4.31. The number of aromatic nitrogens is 3. The van der Waals surface area contributed by atoms with Crippen LogP contribution in [0.15, 0.2) is 34.8 Å². The van der Waals surface area contributed by atoms with E-state index in [4.69, 9.17) is 4.74 Å². The molecule has 2 heterocycles. The van der Waals surface area contributed by atoms with Crippen molar-refractivity contribution in [2.75, 3.05) is 18.2 Å². The van der Waals surface area contributed by atoms with Crippen LogP contribution in [0.2, 0.25) is 0 Å². The van der Waals surface area contributed by atoms with Crippen LogP contribution in [0.3, 0.4) is 0 Å². The van der Waals surface area contributed by atoms with Gasteiger partial charge in [0.15, 0.2) is 5.16 Å². The molecule has 0 fully saturated rings. The molecule has 0 bridgehead atoms. The van der Waals surface area contributed by atoms with Crippen LogP contribution in [-0.4, -0.2) is 39.5 Å². The molecule has 0 aliphatic rings. The summed E-state index contributed by atoms with van der Waals surface area (Å²) in [6.45, 7) is 4.05. The van der Waals surface area contributed by atoms with E-state index in [-0.39, 0.29) is 29.0 Å². The lowest BCUT2D eigenvalue weighted by Crippen LogP contribution is -2.16. The third-order valence-corrected chi connectivity index (χ3v) is 6.22. The summed E-state index contributed by atoms with van der Waals surface area (Å²) >= 11 is 2.47. The molecule has 0 saturated carbocycles. The van der Waals surface area contributed by atoms with Gasteiger partial charge in [-0.05, 0) is 17.7 Å². The number of carbonyl (C=O) groups is 2. The zero-order chi connectivity index (χ0) is 21.8. The Hall–Kier alpha value is -2.72. The molecule has 0 radical (unpaired) electrons. The molecule has 0 unspecified atom stereocenters. The first-order chi connectivity index (χ1) is 14.3. The highest BCUT2D eigenvalue weighted by molar-refractivity contribution is 7.99. The predicted octanol–water partition coefficient (Wildman–Crippen LogP) is 4.32. The number of ether oxygens (including phenoxy) is 1. The van der Waals surface area contributed by atoms with Gasteiger partial charge in [0.1, 0.15) is 22.2 Å². The number of hydrogen-bond acceptors (Lipinski definition) is 7. The molecule has 1 aromatic carbocycles. The molecule has 0 spiro atoms. The number of halogens is 1. The number of methoxy groups -OCH3 is 1. The van der Waals surface area contributed by atoms with E-state index in [0.717, 1.165) is 5.82 Å². The lowest BCUT2D eigenvalue weighted by atomic mass is 10.0. The number of esters is 1. The zero-order valence-corrected chi connectivity index (χ0v) is 18.6. The van der Waals surface area contributed by atoms with E-state index in [1.165, 1.54) is 42.3 Å². The highest BCUT2D eigenvalue weighted by atomic mass is 32.2. The number of anilines is 1. The summed E-state index contributed by atoms with van der Waals surface area (Å²) < 4.78 is 20.0. The Morgan fingerprint density at radius 3 is 2.57 bits per heavy atom. The monoisotopic (exact) mass is 448 g/mol. The van der Waals surface area contributed by atoms with Crippen molar-refractivity contribution in [3.63, 3.8) is 0 Å². The van der Waals surface area contributed by atoms with Gasteiger partial charge in [-0.25, -0.2) is 9.18 Å². The van der Waals surface area contributed by atoms with Gasteiger partial charge in [0.2, 0.25) is 5.91 Å². The van der Waals surface area contributed by atoms with Crippen molar-refractivity contribution in [3.05, 3.63) is 46.9 Å². The zero-order valence-electron chi connectivity index (χ0n) is 16.9. The van der Waals surface area contributed by atoms with E-state index in [1.807, 2.05) is 25.5 Å². The summed E-state index contributed by atoms with van der Waals surface area (Å²) in [6, 6.07) is 5.78. The molecule has 0 aliphatic carbocycles. The molecule has 0 atom stereocenters. The fraction of sp³-hybridized carbons (Fsp3) is 0.300. The van der Waals surface area contributed by atoms with E-state index in [0.29, 0.717) is 21.3 Å². The Kier molecular flexibility index (Phi) is 6.88. The van der Waals surface area contributed by atoms with Crippen LogP contribution in [0, 0.1) is 5.82 Å². The standard InChI is InChI=1S/C20H21FN4O3S2/c1-11(2)17-23-24-20(25(17)3)30-10-15(26)22-18-16(19(27)28-4)14(9-29-18)12-5-7-13(21)8-6-12/h5-9,11H,10H2,1-4H3,(H,22,26). The van der Waals surface area contributed by atoms with Gasteiger partial charge in [-0.15, -0.1) is 21.5 Å². The molecule has 30 heavy (non-hydrogen) atoms. The Bertz CT molecular complexity index is 1060. The average molecular weight is 449 g/mol. The highest BCUT2D eigenvalue weighted by Gasteiger charge is 2.23. The molecule has 3 aromatic rings. The molecular formula is C20H21FN4O3S2. The maximum atomic E-state index is 13.2. The van der Waals surface area contributed by atoms with Gasteiger partial charge < -0.3 is 14.6 Å². The van der Waals surface area contributed by atoms with Gasteiger partial charge in [-0.3, -0.25) is 4.79 Å². The second-order valence-electron chi connectivity index (χ2n) is 6.74. The van der Waals surface area contributed by atoms with Crippen LogP contribution in [0.5, 0.6) is 0 Å². The van der Waals surface area contributed by atoms with Crippen LogP contribution in [0.1, 0.15) is 35.9 Å². The number of carbonyl (C=O) groups excluding carboxylic acids is 2. The van der Waals surface area contributed by atoms with Crippen molar-refractivity contribution in [1.29, 1.82) is 0 Å². The molecule has 1 amide bonds. The van der Waals surface area contributed by atoms with E-state index in [9.17, 15) is 14.0 Å². The van der Waals surface area contributed by atoms with E-state index >= 15 is 0 Å². The topological polar surface area (TPSA) is 86.1 Å². The first-order valence-electron chi connectivity index (χ1n) is 9.09. The maximum absolute atomic E-state index is 13.2. The van der Waals surface area contributed by atoms with Gasteiger partial charge in [-0.2, -0.15) is 0 Å². The van der Waals surface area contributed by atoms with Crippen molar-refractivity contribution in [2.45, 2.75) is 24.9 Å². The number of thiophene rings is 1. The Morgan fingerprint density at radius 1 is 1.27 bits per heavy atom. The molecule has 7 nitrogen and oxygen atoms in total. The van der Waals surface area contributed by atoms with E-state index < -0.39 is 5.97 Å². The molecule has 1 N–H and O–H groups in total. The lowest BCUT2D eigenvalue weighted by molar-refractivity contribution is -0.113. The summed E-state index contributed by atoms with van der Waals surface area (Å²) in [7, 11) is 3.13. The Labute approximate surface area is 181 Å². The normalized spacial score (nSPS) is 11.0. The molecule has 0 aliphatic heterocycles. The number of thioether (sulfide) groups is 1.